The Morgan fingerprint density at radius 3 is 2.73 bits per heavy atom. The summed E-state index contributed by atoms with van der Waals surface area (Å²) in [5, 5.41) is 19.7. The summed E-state index contributed by atoms with van der Waals surface area (Å²) in [6.45, 7) is 0.486. The lowest BCUT2D eigenvalue weighted by atomic mass is 10.2. The maximum Gasteiger partial charge on any atom is 0.276 e. The van der Waals surface area contributed by atoms with E-state index in [-0.39, 0.29) is 5.69 Å². The molecule has 3 aromatic rings. The van der Waals surface area contributed by atoms with Crippen LogP contribution in [0.3, 0.4) is 0 Å². The van der Waals surface area contributed by atoms with E-state index in [4.69, 9.17) is 20.8 Å². The van der Waals surface area contributed by atoms with Gasteiger partial charge in [0.15, 0.2) is 0 Å². The van der Waals surface area contributed by atoms with Crippen molar-refractivity contribution in [2.24, 2.45) is 0 Å². The molecule has 7 nitrogen and oxygen atoms in total. The zero-order chi connectivity index (χ0) is 18.4. The van der Waals surface area contributed by atoms with Crippen molar-refractivity contribution in [1.82, 2.24) is 10.2 Å². The third kappa shape index (κ3) is 4.96. The topological polar surface area (TPSA) is 91.3 Å². The van der Waals surface area contributed by atoms with Gasteiger partial charge in [-0.15, -0.1) is 10.2 Å². The van der Waals surface area contributed by atoms with Gasteiger partial charge in [0.05, 0.1) is 11.5 Å². The third-order valence-electron chi connectivity index (χ3n) is 3.31. The molecule has 0 saturated heterocycles. The number of nitro groups is 1. The van der Waals surface area contributed by atoms with Gasteiger partial charge in [-0.1, -0.05) is 29.4 Å². The van der Waals surface area contributed by atoms with Crippen LogP contribution in [0.25, 0.3) is 11.5 Å². The Labute approximate surface area is 158 Å². The van der Waals surface area contributed by atoms with E-state index in [1.54, 1.807) is 24.3 Å². The van der Waals surface area contributed by atoms with E-state index in [9.17, 15) is 10.1 Å². The smallest absolute Gasteiger partial charge is 0.276 e. The summed E-state index contributed by atoms with van der Waals surface area (Å²) in [5.41, 5.74) is 0.818. The number of ether oxygens (including phenoxy) is 1. The third-order valence-corrected chi connectivity index (χ3v) is 4.45. The molecule has 0 fully saturated rings. The number of rotatable bonds is 8. The number of benzene rings is 2. The van der Waals surface area contributed by atoms with Crippen molar-refractivity contribution < 1.29 is 14.1 Å². The minimum Gasteiger partial charge on any atom is -0.494 e. The second kappa shape index (κ2) is 8.68. The first-order valence-corrected chi connectivity index (χ1v) is 9.08. The van der Waals surface area contributed by atoms with Crippen LogP contribution in [0.2, 0.25) is 5.02 Å². The lowest BCUT2D eigenvalue weighted by Crippen LogP contribution is -1.98. The summed E-state index contributed by atoms with van der Waals surface area (Å²) in [7, 11) is 0. The standard InChI is InChI=1S/C17H14ClN3O4S/c18-13-4-1-3-12(11-13)16-19-20-17(25-16)26-10-2-9-24-15-7-5-14(6-8-15)21(22)23/h1,3-8,11H,2,9-10H2. The van der Waals surface area contributed by atoms with Crippen molar-refractivity contribution in [3.8, 4) is 17.2 Å². The van der Waals surface area contributed by atoms with Gasteiger partial charge in [-0.25, -0.2) is 0 Å². The van der Waals surface area contributed by atoms with Crippen LogP contribution in [0, 0.1) is 10.1 Å². The largest absolute Gasteiger partial charge is 0.494 e. The van der Waals surface area contributed by atoms with Crippen LogP contribution in [0.5, 0.6) is 5.75 Å². The molecular weight excluding hydrogens is 378 g/mol. The second-order valence-corrected chi connectivity index (χ2v) is 6.67. The van der Waals surface area contributed by atoms with E-state index in [0.717, 1.165) is 17.7 Å². The summed E-state index contributed by atoms with van der Waals surface area (Å²) in [4.78, 5) is 10.1. The lowest BCUT2D eigenvalue weighted by molar-refractivity contribution is -0.384. The van der Waals surface area contributed by atoms with Crippen molar-refractivity contribution in [3.05, 3.63) is 63.7 Å². The highest BCUT2D eigenvalue weighted by molar-refractivity contribution is 7.99. The number of halogens is 1. The van der Waals surface area contributed by atoms with Crippen LogP contribution in [-0.2, 0) is 0 Å². The molecule has 0 N–H and O–H groups in total. The predicted octanol–water partition coefficient (Wildman–Crippen LogP) is 4.86. The monoisotopic (exact) mass is 391 g/mol. The number of hydrogen-bond donors (Lipinski definition) is 0. The van der Waals surface area contributed by atoms with Gasteiger partial charge in [-0.05, 0) is 36.8 Å². The Morgan fingerprint density at radius 1 is 1.19 bits per heavy atom. The fourth-order valence-electron chi connectivity index (χ4n) is 2.08. The van der Waals surface area contributed by atoms with E-state index < -0.39 is 4.92 Å². The van der Waals surface area contributed by atoms with Gasteiger partial charge >= 0.3 is 0 Å². The highest BCUT2D eigenvalue weighted by Gasteiger charge is 2.09. The van der Waals surface area contributed by atoms with Gasteiger partial charge in [-0.2, -0.15) is 0 Å². The molecule has 1 aromatic heterocycles. The SMILES string of the molecule is O=[N+]([O-])c1ccc(OCCCSc2nnc(-c3cccc(Cl)c3)o2)cc1. The zero-order valence-electron chi connectivity index (χ0n) is 13.5. The maximum absolute atomic E-state index is 10.6. The van der Waals surface area contributed by atoms with Crippen LogP contribution >= 0.6 is 23.4 Å². The van der Waals surface area contributed by atoms with Crippen molar-refractivity contribution in [2.45, 2.75) is 11.6 Å². The molecule has 0 aliphatic rings. The molecule has 2 aromatic carbocycles. The first-order chi connectivity index (χ1) is 12.6. The van der Waals surface area contributed by atoms with Gasteiger partial charge in [-0.3, -0.25) is 10.1 Å². The fraction of sp³-hybridized carbons (Fsp3) is 0.176. The van der Waals surface area contributed by atoms with Crippen molar-refractivity contribution in [2.75, 3.05) is 12.4 Å². The summed E-state index contributed by atoms with van der Waals surface area (Å²) in [6.07, 6.45) is 0.760. The molecule has 1 heterocycles. The van der Waals surface area contributed by atoms with Crippen molar-refractivity contribution in [1.29, 1.82) is 0 Å². The molecule has 0 saturated carbocycles. The van der Waals surface area contributed by atoms with Gasteiger partial charge in [0, 0.05) is 28.5 Å². The second-order valence-electron chi connectivity index (χ2n) is 5.18. The number of hydrogen-bond acceptors (Lipinski definition) is 7. The van der Waals surface area contributed by atoms with E-state index in [0.29, 0.717) is 28.5 Å². The molecule has 0 aliphatic heterocycles. The Balaban J connectivity index is 1.42. The fourth-order valence-corrected chi connectivity index (χ4v) is 2.94. The van der Waals surface area contributed by atoms with Crippen LogP contribution in [0.15, 0.2) is 58.2 Å². The first-order valence-electron chi connectivity index (χ1n) is 7.71. The van der Waals surface area contributed by atoms with Gasteiger partial charge in [0.1, 0.15) is 5.75 Å². The lowest BCUT2D eigenvalue weighted by Gasteiger charge is -2.04. The van der Waals surface area contributed by atoms with Crippen LogP contribution in [0.1, 0.15) is 6.42 Å². The molecular formula is C17H14ClN3O4S. The highest BCUT2D eigenvalue weighted by Crippen LogP contribution is 2.25. The number of nitro benzene ring substituents is 1. The summed E-state index contributed by atoms with van der Waals surface area (Å²) in [5.74, 6) is 1.77. The summed E-state index contributed by atoms with van der Waals surface area (Å²) in [6, 6.07) is 13.2. The number of nitrogens with zero attached hydrogens (tertiary/aromatic N) is 3. The van der Waals surface area contributed by atoms with Crippen molar-refractivity contribution in [3.63, 3.8) is 0 Å². The molecule has 3 rings (SSSR count). The Morgan fingerprint density at radius 2 is 2.00 bits per heavy atom. The molecule has 0 bridgehead atoms. The molecule has 0 aliphatic carbocycles. The van der Waals surface area contributed by atoms with Gasteiger partial charge in [0.2, 0.25) is 5.89 Å². The molecule has 9 heteroatoms. The van der Waals surface area contributed by atoms with Crippen LogP contribution in [0.4, 0.5) is 5.69 Å². The Kier molecular flexibility index (Phi) is 6.08. The van der Waals surface area contributed by atoms with Crippen molar-refractivity contribution >= 4 is 29.1 Å². The van der Waals surface area contributed by atoms with Gasteiger partial charge < -0.3 is 9.15 Å². The molecule has 0 spiro atoms. The summed E-state index contributed by atoms with van der Waals surface area (Å²) < 4.78 is 11.2. The molecule has 134 valence electrons. The molecule has 0 unspecified atom stereocenters. The average molecular weight is 392 g/mol. The Bertz CT molecular complexity index is 886. The molecule has 0 radical (unpaired) electrons. The molecule has 0 amide bonds. The number of aromatic nitrogens is 2. The molecule has 26 heavy (non-hydrogen) atoms. The average Bonchev–Trinajstić information content (AvgIpc) is 3.11. The molecule has 0 atom stereocenters. The first kappa shape index (κ1) is 18.2. The minimum atomic E-state index is -0.442. The quantitative estimate of drug-likeness (QED) is 0.234. The maximum atomic E-state index is 10.6. The van der Waals surface area contributed by atoms with E-state index in [1.807, 2.05) is 12.1 Å². The highest BCUT2D eigenvalue weighted by atomic mass is 35.5. The minimum absolute atomic E-state index is 0.0415. The van der Waals surface area contributed by atoms with E-state index >= 15 is 0 Å². The van der Waals surface area contributed by atoms with Crippen LogP contribution < -0.4 is 4.74 Å². The number of thioether (sulfide) groups is 1. The number of non-ortho nitro benzene ring substituents is 1. The predicted molar refractivity (Wildman–Crippen MR) is 98.7 cm³/mol. The van der Waals surface area contributed by atoms with Gasteiger partial charge in [0.25, 0.3) is 10.9 Å². The van der Waals surface area contributed by atoms with Crippen LogP contribution in [-0.4, -0.2) is 27.5 Å². The van der Waals surface area contributed by atoms with E-state index in [2.05, 4.69) is 10.2 Å². The van der Waals surface area contributed by atoms with E-state index in [1.165, 1.54) is 23.9 Å². The summed E-state index contributed by atoms with van der Waals surface area (Å²) >= 11 is 7.39. The Hall–Kier alpha value is -2.58. The normalized spacial score (nSPS) is 10.7. The zero-order valence-corrected chi connectivity index (χ0v) is 15.1.